The fraction of sp³-hybridized carbons (Fsp3) is 0.250. The Hall–Kier alpha value is -2.01. The van der Waals surface area contributed by atoms with Gasteiger partial charge in [-0.25, -0.2) is 4.79 Å². The van der Waals surface area contributed by atoms with Gasteiger partial charge in [-0.1, -0.05) is 0 Å². The summed E-state index contributed by atoms with van der Waals surface area (Å²) in [6.07, 6.45) is 0. The van der Waals surface area contributed by atoms with Crippen molar-refractivity contribution in [2.45, 2.75) is 6.92 Å². The second-order valence-corrected chi connectivity index (χ2v) is 3.47. The highest BCUT2D eigenvalue weighted by Gasteiger charge is 2.04. The Labute approximate surface area is 99.1 Å². The summed E-state index contributed by atoms with van der Waals surface area (Å²) >= 11 is 0. The molecular weight excluding hydrogens is 220 g/mol. The van der Waals surface area contributed by atoms with Crippen molar-refractivity contribution in [2.75, 3.05) is 14.2 Å². The lowest BCUT2D eigenvalue weighted by Gasteiger charge is -1.98. The summed E-state index contributed by atoms with van der Waals surface area (Å²) in [5.74, 6) is -0.929. The Bertz CT molecular complexity index is 526. The second-order valence-electron chi connectivity index (χ2n) is 3.47. The molecule has 0 fully saturated rings. The summed E-state index contributed by atoms with van der Waals surface area (Å²) < 4.78 is 4.25. The zero-order valence-corrected chi connectivity index (χ0v) is 9.97. The van der Waals surface area contributed by atoms with Crippen LogP contribution >= 0.6 is 0 Å². The van der Waals surface area contributed by atoms with E-state index in [0.29, 0.717) is 5.52 Å². The van der Waals surface area contributed by atoms with Gasteiger partial charge in [0.2, 0.25) is 0 Å². The number of nitrogens with zero attached hydrogens (tertiary/aromatic N) is 2. The number of aryl methyl sites for hydroxylation is 1. The molecule has 90 valence electrons. The fourth-order valence-corrected chi connectivity index (χ4v) is 1.28. The van der Waals surface area contributed by atoms with Crippen LogP contribution in [0.15, 0.2) is 24.3 Å². The van der Waals surface area contributed by atoms with Crippen molar-refractivity contribution in [1.29, 1.82) is 0 Å². The van der Waals surface area contributed by atoms with E-state index in [2.05, 4.69) is 14.9 Å². The van der Waals surface area contributed by atoms with Crippen molar-refractivity contribution in [3.05, 3.63) is 35.5 Å². The number of rotatable bonds is 1. The summed E-state index contributed by atoms with van der Waals surface area (Å²) in [4.78, 5) is 10.7. The molecule has 0 aliphatic rings. The molecule has 0 bridgehead atoms. The first kappa shape index (κ1) is 13.1. The van der Waals surface area contributed by atoms with Gasteiger partial charge >= 0.3 is 5.97 Å². The first-order valence-electron chi connectivity index (χ1n) is 4.96. The summed E-state index contributed by atoms with van der Waals surface area (Å²) in [5.41, 5.74) is 1.76. The number of hydrogen-bond acceptors (Lipinski definition) is 4. The van der Waals surface area contributed by atoms with Crippen LogP contribution in [0.25, 0.3) is 10.9 Å². The molecule has 0 radical (unpaired) electrons. The van der Waals surface area contributed by atoms with Crippen LogP contribution in [0.4, 0.5) is 0 Å². The number of carboxylic acids is 1. The molecule has 0 aliphatic carbocycles. The minimum Gasteiger partial charge on any atom is -0.478 e. The average Bonchev–Trinajstić information content (AvgIpc) is 2.29. The molecule has 5 nitrogen and oxygen atoms in total. The maximum atomic E-state index is 10.7. The van der Waals surface area contributed by atoms with E-state index in [0.717, 1.165) is 11.1 Å². The smallest absolute Gasteiger partial charge is 0.335 e. The average molecular weight is 234 g/mol. The second kappa shape index (κ2) is 5.91. The van der Waals surface area contributed by atoms with Crippen molar-refractivity contribution < 1.29 is 14.6 Å². The van der Waals surface area contributed by atoms with Crippen molar-refractivity contribution >= 4 is 16.9 Å². The number of methoxy groups -OCH3 is 1. The zero-order chi connectivity index (χ0) is 12.8. The monoisotopic (exact) mass is 234 g/mol. The molecule has 0 spiro atoms. The molecule has 0 saturated heterocycles. The molecule has 0 unspecified atom stereocenters. The fourth-order valence-electron chi connectivity index (χ4n) is 1.28. The molecule has 2 rings (SSSR count). The normalized spacial score (nSPS) is 9.59. The van der Waals surface area contributed by atoms with Crippen LogP contribution in [-0.4, -0.2) is 35.5 Å². The van der Waals surface area contributed by atoms with Gasteiger partial charge < -0.3 is 9.84 Å². The number of carbonyl (C=O) groups is 1. The third-order valence-corrected chi connectivity index (χ3v) is 1.95. The molecule has 0 atom stereocenters. The molecular formula is C12H14N2O3. The van der Waals surface area contributed by atoms with Gasteiger partial charge in [0.05, 0.1) is 16.8 Å². The van der Waals surface area contributed by atoms with Crippen LogP contribution in [0.3, 0.4) is 0 Å². The number of fused-ring (bicyclic) bond motifs is 1. The van der Waals surface area contributed by atoms with Crippen molar-refractivity contribution in [3.8, 4) is 0 Å². The van der Waals surface area contributed by atoms with Crippen LogP contribution in [0.5, 0.6) is 0 Å². The molecule has 2 aromatic rings. The van der Waals surface area contributed by atoms with Gasteiger partial charge in [-0.15, -0.1) is 0 Å². The minimum absolute atomic E-state index is 0.268. The predicted octanol–water partition coefficient (Wildman–Crippen LogP) is 1.90. The van der Waals surface area contributed by atoms with E-state index in [1.54, 1.807) is 26.4 Å². The maximum Gasteiger partial charge on any atom is 0.335 e. The van der Waals surface area contributed by atoms with E-state index in [4.69, 9.17) is 5.11 Å². The highest BCUT2D eigenvalue weighted by molar-refractivity contribution is 5.93. The van der Waals surface area contributed by atoms with Crippen molar-refractivity contribution in [3.63, 3.8) is 0 Å². The first-order valence-corrected chi connectivity index (χ1v) is 4.96. The molecule has 5 heteroatoms. The van der Waals surface area contributed by atoms with E-state index in [9.17, 15) is 4.79 Å². The number of carboxylic acid groups (broad SMARTS) is 1. The van der Waals surface area contributed by atoms with Gasteiger partial charge in [-0.05, 0) is 31.2 Å². The molecule has 1 N–H and O–H groups in total. The van der Waals surface area contributed by atoms with Crippen molar-refractivity contribution in [1.82, 2.24) is 10.2 Å². The lowest BCUT2D eigenvalue weighted by atomic mass is 10.1. The van der Waals surface area contributed by atoms with Crippen LogP contribution in [0, 0.1) is 6.92 Å². The van der Waals surface area contributed by atoms with Crippen molar-refractivity contribution in [2.24, 2.45) is 0 Å². The Morgan fingerprint density at radius 2 is 1.88 bits per heavy atom. The molecule has 0 amide bonds. The molecule has 0 saturated carbocycles. The van der Waals surface area contributed by atoms with Crippen LogP contribution in [0.2, 0.25) is 0 Å². The van der Waals surface area contributed by atoms with Crippen LogP contribution in [0.1, 0.15) is 16.1 Å². The molecule has 1 aromatic carbocycles. The lowest BCUT2D eigenvalue weighted by Crippen LogP contribution is -1.96. The summed E-state index contributed by atoms with van der Waals surface area (Å²) in [5, 5.41) is 17.4. The van der Waals surface area contributed by atoms with Crippen LogP contribution in [-0.2, 0) is 4.74 Å². The van der Waals surface area contributed by atoms with E-state index < -0.39 is 5.97 Å². The number of hydrogen-bond donors (Lipinski definition) is 1. The van der Waals surface area contributed by atoms with E-state index in [-0.39, 0.29) is 5.56 Å². The number of benzene rings is 1. The first-order chi connectivity index (χ1) is 8.08. The Morgan fingerprint density at radius 1 is 1.24 bits per heavy atom. The molecule has 1 heterocycles. The largest absolute Gasteiger partial charge is 0.478 e. The molecule has 17 heavy (non-hydrogen) atoms. The van der Waals surface area contributed by atoms with Gasteiger partial charge in [0.1, 0.15) is 0 Å². The Kier molecular flexibility index (Phi) is 4.54. The van der Waals surface area contributed by atoms with E-state index in [1.807, 2.05) is 13.0 Å². The molecule has 0 aliphatic heterocycles. The van der Waals surface area contributed by atoms with Gasteiger partial charge in [-0.3, -0.25) is 0 Å². The predicted molar refractivity (Wildman–Crippen MR) is 64.2 cm³/mol. The van der Waals surface area contributed by atoms with Crippen LogP contribution < -0.4 is 0 Å². The number of aromatic carboxylic acids is 1. The highest BCUT2D eigenvalue weighted by atomic mass is 16.4. The summed E-state index contributed by atoms with van der Waals surface area (Å²) in [6.45, 7) is 1.82. The highest BCUT2D eigenvalue weighted by Crippen LogP contribution is 2.13. The standard InChI is InChI=1S/C10H8N2O2.C2H6O/c1-6-4-8-5-7(10(13)14)2-3-9(8)12-11-6;1-3-2/h2-5H,1H3,(H,13,14);1-2H3. The minimum atomic E-state index is -0.929. The lowest BCUT2D eigenvalue weighted by molar-refractivity contribution is 0.0697. The third-order valence-electron chi connectivity index (χ3n) is 1.95. The van der Waals surface area contributed by atoms with Gasteiger partial charge in [0, 0.05) is 19.6 Å². The molecule has 1 aromatic heterocycles. The van der Waals surface area contributed by atoms with E-state index in [1.165, 1.54) is 6.07 Å². The van der Waals surface area contributed by atoms with Gasteiger partial charge in [0.15, 0.2) is 0 Å². The Morgan fingerprint density at radius 3 is 2.47 bits per heavy atom. The summed E-state index contributed by atoms with van der Waals surface area (Å²) in [7, 11) is 3.25. The zero-order valence-electron chi connectivity index (χ0n) is 9.97. The number of aromatic nitrogens is 2. The number of ether oxygens (including phenoxy) is 1. The SMILES string of the molecule is COC.Cc1cc2cc(C(=O)O)ccc2nn1. The van der Waals surface area contributed by atoms with Gasteiger partial charge in [0.25, 0.3) is 0 Å². The summed E-state index contributed by atoms with van der Waals surface area (Å²) in [6, 6.07) is 6.59. The van der Waals surface area contributed by atoms with Gasteiger partial charge in [-0.2, -0.15) is 10.2 Å². The van der Waals surface area contributed by atoms with E-state index >= 15 is 0 Å². The maximum absolute atomic E-state index is 10.7. The third kappa shape index (κ3) is 3.49. The Balaban J connectivity index is 0.000000437. The quantitative estimate of drug-likeness (QED) is 0.815. The topological polar surface area (TPSA) is 72.3 Å².